The van der Waals surface area contributed by atoms with Crippen molar-refractivity contribution in [2.75, 3.05) is 0 Å². The van der Waals surface area contributed by atoms with Crippen LogP contribution in [0.2, 0.25) is 0 Å². The van der Waals surface area contributed by atoms with Crippen molar-refractivity contribution in [1.29, 1.82) is 0 Å². The fourth-order valence-corrected chi connectivity index (χ4v) is 2.87. The number of aryl methyl sites for hydroxylation is 1. The number of ether oxygens (including phenoxy) is 1. The number of pyridine rings is 1. The number of nitrogens with zero attached hydrogens (tertiary/aromatic N) is 5. The fraction of sp³-hybridized carbons (Fsp3) is 0.150. The first kappa shape index (κ1) is 18.7. The lowest BCUT2D eigenvalue weighted by molar-refractivity contribution is -0.274. The molecule has 0 N–H and O–H groups in total. The van der Waals surface area contributed by atoms with E-state index in [1.165, 1.54) is 24.3 Å². The Kier molecular flexibility index (Phi) is 4.79. The van der Waals surface area contributed by atoms with Crippen molar-refractivity contribution in [3.63, 3.8) is 0 Å². The van der Waals surface area contributed by atoms with Crippen LogP contribution in [-0.4, -0.2) is 30.7 Å². The largest absolute Gasteiger partial charge is 0.573 e. The first-order valence-corrected chi connectivity index (χ1v) is 8.71. The van der Waals surface area contributed by atoms with Crippen LogP contribution in [-0.2, 0) is 6.54 Å². The molecule has 0 fully saturated rings. The quantitative estimate of drug-likeness (QED) is 0.500. The fourth-order valence-electron chi connectivity index (χ4n) is 2.87. The van der Waals surface area contributed by atoms with Gasteiger partial charge in [0.25, 0.3) is 0 Å². The molecule has 0 saturated carbocycles. The zero-order valence-corrected chi connectivity index (χ0v) is 15.3. The minimum Gasteiger partial charge on any atom is -0.406 e. The summed E-state index contributed by atoms with van der Waals surface area (Å²) in [5.74, 6) is -0.271. The average molecular weight is 399 g/mol. The Morgan fingerprint density at radius 3 is 2.41 bits per heavy atom. The van der Waals surface area contributed by atoms with Crippen LogP contribution in [0.5, 0.6) is 5.75 Å². The van der Waals surface area contributed by atoms with Crippen LogP contribution in [0.1, 0.15) is 11.3 Å². The molecule has 0 amide bonds. The van der Waals surface area contributed by atoms with Crippen LogP contribution < -0.4 is 4.74 Å². The monoisotopic (exact) mass is 399 g/mol. The Bertz CT molecular complexity index is 1100. The molecule has 0 saturated heterocycles. The van der Waals surface area contributed by atoms with E-state index in [2.05, 4.69) is 19.8 Å². The maximum Gasteiger partial charge on any atom is 0.573 e. The molecule has 0 spiro atoms. The normalized spacial score (nSPS) is 11.6. The van der Waals surface area contributed by atoms with Gasteiger partial charge in [-0.05, 0) is 55.0 Å². The summed E-state index contributed by atoms with van der Waals surface area (Å²) in [6, 6.07) is 11.4. The van der Waals surface area contributed by atoms with Gasteiger partial charge in [-0.25, -0.2) is 4.98 Å². The Morgan fingerprint density at radius 1 is 1.00 bits per heavy atom. The van der Waals surface area contributed by atoms with Gasteiger partial charge in [-0.15, -0.1) is 13.2 Å². The predicted molar refractivity (Wildman–Crippen MR) is 99.5 cm³/mol. The molecular weight excluding hydrogens is 383 g/mol. The van der Waals surface area contributed by atoms with Crippen molar-refractivity contribution in [3.8, 4) is 22.8 Å². The maximum absolute atomic E-state index is 12.3. The zero-order valence-electron chi connectivity index (χ0n) is 15.3. The van der Waals surface area contributed by atoms with Gasteiger partial charge in [-0.2, -0.15) is 5.10 Å². The number of rotatable bonds is 5. The minimum absolute atomic E-state index is 0.271. The molecular formula is C20H16F3N5O. The van der Waals surface area contributed by atoms with E-state index in [-0.39, 0.29) is 5.75 Å². The molecule has 0 aliphatic rings. The number of imidazole rings is 1. The van der Waals surface area contributed by atoms with E-state index in [1.54, 1.807) is 29.5 Å². The second kappa shape index (κ2) is 7.42. The van der Waals surface area contributed by atoms with Crippen molar-refractivity contribution < 1.29 is 17.9 Å². The van der Waals surface area contributed by atoms with E-state index >= 15 is 0 Å². The summed E-state index contributed by atoms with van der Waals surface area (Å²) in [5, 5.41) is 4.61. The molecule has 148 valence electrons. The van der Waals surface area contributed by atoms with Crippen LogP contribution in [0, 0.1) is 6.92 Å². The molecule has 3 aromatic heterocycles. The van der Waals surface area contributed by atoms with E-state index in [4.69, 9.17) is 0 Å². The van der Waals surface area contributed by atoms with Gasteiger partial charge >= 0.3 is 6.36 Å². The lowest BCUT2D eigenvalue weighted by Crippen LogP contribution is -2.17. The molecule has 1 aromatic carbocycles. The predicted octanol–water partition coefficient (Wildman–Crippen LogP) is 4.39. The summed E-state index contributed by atoms with van der Waals surface area (Å²) in [7, 11) is 0. The van der Waals surface area contributed by atoms with Crippen molar-refractivity contribution in [2.45, 2.75) is 19.8 Å². The van der Waals surface area contributed by atoms with E-state index in [9.17, 15) is 13.2 Å². The number of aromatic nitrogens is 5. The molecule has 3 heterocycles. The van der Waals surface area contributed by atoms with Gasteiger partial charge in [0.05, 0.1) is 12.9 Å². The number of alkyl halides is 3. The van der Waals surface area contributed by atoms with Gasteiger partial charge in [0.2, 0.25) is 0 Å². The summed E-state index contributed by atoms with van der Waals surface area (Å²) in [5.41, 5.74) is 4.11. The van der Waals surface area contributed by atoms with Gasteiger partial charge in [0.15, 0.2) is 0 Å². The molecule has 0 radical (unpaired) electrons. The molecule has 4 aromatic rings. The van der Waals surface area contributed by atoms with Crippen molar-refractivity contribution in [2.24, 2.45) is 0 Å². The van der Waals surface area contributed by atoms with Gasteiger partial charge in [-0.3, -0.25) is 9.67 Å². The number of benzene rings is 1. The second-order valence-electron chi connectivity index (χ2n) is 6.39. The SMILES string of the molecule is Cc1cc(-c2cn(-c3ccc(OC(F)(F)F)cc3)cn2)nn1Cc1ccncc1. The molecule has 0 aliphatic heterocycles. The van der Waals surface area contributed by atoms with Crippen molar-refractivity contribution in [3.05, 3.63) is 78.6 Å². The first-order valence-electron chi connectivity index (χ1n) is 8.71. The molecule has 0 bridgehead atoms. The summed E-state index contributed by atoms with van der Waals surface area (Å²) in [6.45, 7) is 2.59. The first-order chi connectivity index (χ1) is 13.9. The van der Waals surface area contributed by atoms with Gasteiger partial charge in [0.1, 0.15) is 17.1 Å². The number of halogens is 3. The third-order valence-corrected chi connectivity index (χ3v) is 4.28. The van der Waals surface area contributed by atoms with Crippen molar-refractivity contribution >= 4 is 0 Å². The Morgan fingerprint density at radius 2 is 1.72 bits per heavy atom. The highest BCUT2D eigenvalue weighted by atomic mass is 19.4. The summed E-state index contributed by atoms with van der Waals surface area (Å²) < 4.78 is 44.3. The van der Waals surface area contributed by atoms with Gasteiger partial charge in [-0.1, -0.05) is 0 Å². The van der Waals surface area contributed by atoms with Crippen LogP contribution >= 0.6 is 0 Å². The third kappa shape index (κ3) is 4.45. The molecule has 29 heavy (non-hydrogen) atoms. The van der Waals surface area contributed by atoms with Crippen LogP contribution in [0.3, 0.4) is 0 Å². The van der Waals surface area contributed by atoms with Crippen LogP contribution in [0.4, 0.5) is 13.2 Å². The molecule has 0 unspecified atom stereocenters. The standard InChI is InChI=1S/C20H16F3N5O/c1-14-10-18(26-28(14)11-15-6-8-24-9-7-15)19-12-27(13-25-19)16-2-4-17(5-3-16)29-20(21,22)23/h2-10,12-13H,11H2,1H3. The van der Waals surface area contributed by atoms with E-state index < -0.39 is 6.36 Å². The third-order valence-electron chi connectivity index (χ3n) is 4.28. The molecule has 6 nitrogen and oxygen atoms in total. The highest BCUT2D eigenvalue weighted by Crippen LogP contribution is 2.25. The van der Waals surface area contributed by atoms with Crippen LogP contribution in [0.15, 0.2) is 67.4 Å². The molecule has 0 atom stereocenters. The maximum atomic E-state index is 12.3. The van der Waals surface area contributed by atoms with Gasteiger partial charge in [0, 0.05) is 30.0 Å². The number of hydrogen-bond acceptors (Lipinski definition) is 4. The van der Waals surface area contributed by atoms with E-state index in [0.29, 0.717) is 23.6 Å². The Hall–Kier alpha value is -3.62. The Labute approximate surface area is 164 Å². The zero-order chi connectivity index (χ0) is 20.4. The lowest BCUT2D eigenvalue weighted by atomic mass is 10.2. The summed E-state index contributed by atoms with van der Waals surface area (Å²) in [6.07, 6.45) is 2.13. The van der Waals surface area contributed by atoms with E-state index in [1.807, 2.05) is 29.8 Å². The smallest absolute Gasteiger partial charge is 0.406 e. The summed E-state index contributed by atoms with van der Waals surface area (Å²) in [4.78, 5) is 8.38. The highest BCUT2D eigenvalue weighted by Gasteiger charge is 2.30. The number of hydrogen-bond donors (Lipinski definition) is 0. The summed E-state index contributed by atoms with van der Waals surface area (Å²) >= 11 is 0. The van der Waals surface area contributed by atoms with Crippen LogP contribution in [0.25, 0.3) is 17.1 Å². The highest BCUT2D eigenvalue weighted by molar-refractivity contribution is 5.54. The molecule has 0 aliphatic carbocycles. The second-order valence-corrected chi connectivity index (χ2v) is 6.39. The van der Waals surface area contributed by atoms with Gasteiger partial charge < -0.3 is 9.30 Å². The Balaban J connectivity index is 1.53. The average Bonchev–Trinajstić information content (AvgIpc) is 3.30. The van der Waals surface area contributed by atoms with Crippen molar-refractivity contribution in [1.82, 2.24) is 24.3 Å². The topological polar surface area (TPSA) is 57.8 Å². The molecule has 9 heteroatoms. The van der Waals surface area contributed by atoms with E-state index in [0.717, 1.165) is 11.3 Å². The minimum atomic E-state index is -4.71. The molecule has 4 rings (SSSR count). The lowest BCUT2D eigenvalue weighted by Gasteiger charge is -2.09.